The molecule has 0 spiro atoms. The van der Waals surface area contributed by atoms with Gasteiger partial charge in [0.1, 0.15) is 5.75 Å². The minimum Gasteiger partial charge on any atom is -0.508 e. The van der Waals surface area contributed by atoms with E-state index in [0.29, 0.717) is 5.75 Å². The Hall–Kier alpha value is -2.74. The average Bonchev–Trinajstić information content (AvgIpc) is 2.62. The van der Waals surface area contributed by atoms with Crippen molar-refractivity contribution in [2.24, 2.45) is 0 Å². The lowest BCUT2D eigenvalue weighted by Gasteiger charge is -2.08. The van der Waals surface area contributed by atoms with Gasteiger partial charge in [0.15, 0.2) is 0 Å². The fourth-order valence-electron chi connectivity index (χ4n) is 2.65. The van der Waals surface area contributed by atoms with Gasteiger partial charge in [-0.25, -0.2) is 0 Å². The molecule has 0 bridgehead atoms. The van der Waals surface area contributed by atoms with Gasteiger partial charge in [0.05, 0.1) is 0 Å². The van der Waals surface area contributed by atoms with E-state index in [1.807, 2.05) is 12.1 Å². The molecule has 3 rings (SSSR count). The van der Waals surface area contributed by atoms with Crippen LogP contribution in [0.3, 0.4) is 0 Å². The number of rotatable bonds is 6. The lowest BCUT2D eigenvalue weighted by Crippen LogP contribution is -1.99. The molecule has 2 heteroatoms. The molecule has 2 N–H and O–H groups in total. The van der Waals surface area contributed by atoms with Crippen LogP contribution in [0.5, 0.6) is 5.75 Å². The maximum Gasteiger partial charge on any atom is 0.115 e. The second-order valence-corrected chi connectivity index (χ2v) is 6.20. The second kappa shape index (κ2) is 7.69. The molecular weight excluding hydrogens is 294 g/mol. The Morgan fingerprint density at radius 1 is 0.667 bits per heavy atom. The third kappa shape index (κ3) is 4.63. The number of hydrogen-bond acceptors (Lipinski definition) is 2. The monoisotopic (exact) mass is 317 g/mol. The first-order chi connectivity index (χ1) is 11.7. The Balaban J connectivity index is 1.51. The van der Waals surface area contributed by atoms with E-state index in [9.17, 15) is 5.11 Å². The Morgan fingerprint density at radius 2 is 1.17 bits per heavy atom. The zero-order valence-electron chi connectivity index (χ0n) is 14.0. The van der Waals surface area contributed by atoms with Gasteiger partial charge in [0.25, 0.3) is 0 Å². The van der Waals surface area contributed by atoms with Crippen LogP contribution >= 0.6 is 0 Å². The van der Waals surface area contributed by atoms with Gasteiger partial charge in [-0.15, -0.1) is 0 Å². The molecule has 0 aromatic heterocycles. The number of phenolic OH excluding ortho intramolecular Hbond substituents is 1. The van der Waals surface area contributed by atoms with Crippen LogP contribution in [0.2, 0.25) is 0 Å². The Bertz CT molecular complexity index is 690. The summed E-state index contributed by atoms with van der Waals surface area (Å²) in [6, 6.07) is 24.7. The highest BCUT2D eigenvalue weighted by Crippen LogP contribution is 2.14. The highest BCUT2D eigenvalue weighted by atomic mass is 16.3. The summed E-state index contributed by atoms with van der Waals surface area (Å²) in [7, 11) is 0. The Morgan fingerprint density at radius 3 is 1.75 bits per heavy atom. The summed E-state index contributed by atoms with van der Waals surface area (Å²) >= 11 is 0. The van der Waals surface area contributed by atoms with Crippen molar-refractivity contribution in [2.75, 3.05) is 5.32 Å². The van der Waals surface area contributed by atoms with E-state index < -0.39 is 0 Å². The molecule has 0 unspecified atom stereocenters. The molecule has 2 nitrogen and oxygen atoms in total. The second-order valence-electron chi connectivity index (χ2n) is 6.20. The molecule has 24 heavy (non-hydrogen) atoms. The number of aryl methyl sites for hydroxylation is 3. The minimum atomic E-state index is 0.323. The molecule has 0 atom stereocenters. The van der Waals surface area contributed by atoms with Crippen LogP contribution in [-0.4, -0.2) is 5.11 Å². The largest absolute Gasteiger partial charge is 0.508 e. The average molecular weight is 317 g/mol. The van der Waals surface area contributed by atoms with Crippen molar-refractivity contribution in [3.63, 3.8) is 0 Å². The molecule has 0 amide bonds. The van der Waals surface area contributed by atoms with Crippen molar-refractivity contribution >= 4 is 5.69 Å². The Kier molecular flexibility index (Phi) is 5.17. The smallest absolute Gasteiger partial charge is 0.115 e. The van der Waals surface area contributed by atoms with Gasteiger partial charge in [-0.05, 0) is 60.7 Å². The van der Waals surface area contributed by atoms with Crippen LogP contribution in [0.4, 0.5) is 5.69 Å². The topological polar surface area (TPSA) is 32.3 Å². The highest BCUT2D eigenvalue weighted by Gasteiger charge is 1.99. The van der Waals surface area contributed by atoms with Crippen LogP contribution in [0.1, 0.15) is 22.3 Å². The third-order valence-corrected chi connectivity index (χ3v) is 4.21. The maximum absolute atomic E-state index is 9.31. The molecule has 0 saturated heterocycles. The summed E-state index contributed by atoms with van der Waals surface area (Å²) in [6.45, 7) is 2.93. The molecule has 0 saturated carbocycles. The van der Waals surface area contributed by atoms with Crippen molar-refractivity contribution in [3.8, 4) is 5.75 Å². The first-order valence-electron chi connectivity index (χ1n) is 8.35. The number of aromatic hydroxyl groups is 1. The van der Waals surface area contributed by atoms with Gasteiger partial charge in [-0.1, -0.05) is 54.1 Å². The van der Waals surface area contributed by atoms with E-state index in [-0.39, 0.29) is 0 Å². The van der Waals surface area contributed by atoms with Crippen molar-refractivity contribution in [1.82, 2.24) is 0 Å². The third-order valence-electron chi connectivity index (χ3n) is 4.21. The van der Waals surface area contributed by atoms with E-state index in [0.717, 1.165) is 25.1 Å². The summed E-state index contributed by atoms with van der Waals surface area (Å²) in [4.78, 5) is 0. The predicted octanol–water partition coefficient (Wildman–Crippen LogP) is 5.10. The lowest BCUT2D eigenvalue weighted by molar-refractivity contribution is 0.475. The SMILES string of the molecule is Cc1ccc(NCc2ccc(CCc3ccc(O)cc3)cc2)cc1. The van der Waals surface area contributed by atoms with Crippen molar-refractivity contribution in [1.29, 1.82) is 0 Å². The number of benzene rings is 3. The van der Waals surface area contributed by atoms with Crippen LogP contribution < -0.4 is 5.32 Å². The molecule has 3 aromatic carbocycles. The summed E-state index contributed by atoms with van der Waals surface area (Å²) in [5.41, 5.74) is 6.29. The summed E-state index contributed by atoms with van der Waals surface area (Å²) in [5, 5.41) is 12.8. The minimum absolute atomic E-state index is 0.323. The number of phenols is 1. The predicted molar refractivity (Wildman–Crippen MR) is 100 cm³/mol. The molecule has 122 valence electrons. The standard InChI is InChI=1S/C22H23NO/c1-17-2-12-21(13-3-17)23-16-20-8-6-18(7-9-20)4-5-19-10-14-22(24)15-11-19/h2-3,6-15,23-24H,4-5,16H2,1H3. The molecule has 0 fully saturated rings. The molecular formula is C22H23NO. The highest BCUT2D eigenvalue weighted by molar-refractivity contribution is 5.45. The first-order valence-corrected chi connectivity index (χ1v) is 8.35. The van der Waals surface area contributed by atoms with Gasteiger partial charge in [-0.2, -0.15) is 0 Å². The molecule has 0 aliphatic heterocycles. The van der Waals surface area contributed by atoms with Crippen LogP contribution in [0.25, 0.3) is 0 Å². The molecule has 0 heterocycles. The summed E-state index contributed by atoms with van der Waals surface area (Å²) < 4.78 is 0. The fraction of sp³-hybridized carbons (Fsp3) is 0.182. The number of nitrogens with one attached hydrogen (secondary N) is 1. The van der Waals surface area contributed by atoms with Gasteiger partial charge < -0.3 is 10.4 Å². The normalized spacial score (nSPS) is 10.5. The maximum atomic E-state index is 9.31. The van der Waals surface area contributed by atoms with Crippen LogP contribution in [0, 0.1) is 6.92 Å². The van der Waals surface area contributed by atoms with E-state index in [4.69, 9.17) is 0 Å². The van der Waals surface area contributed by atoms with Crippen molar-refractivity contribution in [2.45, 2.75) is 26.3 Å². The van der Waals surface area contributed by atoms with E-state index in [1.54, 1.807) is 12.1 Å². The first kappa shape index (κ1) is 16.1. The van der Waals surface area contributed by atoms with Gasteiger partial charge in [0.2, 0.25) is 0 Å². The fourth-order valence-corrected chi connectivity index (χ4v) is 2.65. The van der Waals surface area contributed by atoms with E-state index in [2.05, 4.69) is 60.8 Å². The number of anilines is 1. The van der Waals surface area contributed by atoms with Crippen molar-refractivity contribution in [3.05, 3.63) is 95.1 Å². The van der Waals surface area contributed by atoms with Gasteiger partial charge in [-0.3, -0.25) is 0 Å². The zero-order valence-corrected chi connectivity index (χ0v) is 14.0. The van der Waals surface area contributed by atoms with E-state index in [1.165, 1.54) is 22.3 Å². The lowest BCUT2D eigenvalue weighted by atomic mass is 10.0. The van der Waals surface area contributed by atoms with Crippen LogP contribution in [0.15, 0.2) is 72.8 Å². The van der Waals surface area contributed by atoms with Gasteiger partial charge in [0, 0.05) is 12.2 Å². The number of hydrogen-bond donors (Lipinski definition) is 2. The quantitative estimate of drug-likeness (QED) is 0.663. The van der Waals surface area contributed by atoms with E-state index >= 15 is 0 Å². The summed E-state index contributed by atoms with van der Waals surface area (Å²) in [5.74, 6) is 0.323. The Labute approximate surface area is 143 Å². The summed E-state index contributed by atoms with van der Waals surface area (Å²) in [6.07, 6.45) is 2.00. The van der Waals surface area contributed by atoms with Crippen LogP contribution in [-0.2, 0) is 19.4 Å². The molecule has 0 aliphatic rings. The molecule has 0 aliphatic carbocycles. The van der Waals surface area contributed by atoms with Gasteiger partial charge >= 0.3 is 0 Å². The van der Waals surface area contributed by atoms with Crippen molar-refractivity contribution < 1.29 is 5.11 Å². The zero-order chi connectivity index (χ0) is 16.8. The molecule has 3 aromatic rings. The molecule has 0 radical (unpaired) electrons.